The summed E-state index contributed by atoms with van der Waals surface area (Å²) in [6.07, 6.45) is 4.49. The molecule has 1 amide bonds. The number of benzene rings is 1. The monoisotopic (exact) mass is 281 g/mol. The number of aromatic amines is 1. The smallest absolute Gasteiger partial charge is 0.296 e. The van der Waals surface area contributed by atoms with E-state index in [1.165, 1.54) is 30.7 Å². The number of aromatic hydroxyl groups is 1. The van der Waals surface area contributed by atoms with Gasteiger partial charge in [0.2, 0.25) is 0 Å². The van der Waals surface area contributed by atoms with Crippen LogP contribution in [-0.2, 0) is 4.79 Å². The van der Waals surface area contributed by atoms with Crippen LogP contribution in [0.4, 0.5) is 5.69 Å². The second-order valence-electron chi connectivity index (χ2n) is 4.45. The molecule has 0 fully saturated rings. The molecule has 21 heavy (non-hydrogen) atoms. The van der Waals surface area contributed by atoms with Gasteiger partial charge in [-0.25, -0.2) is 0 Å². The fourth-order valence-corrected chi connectivity index (χ4v) is 2.04. The number of nitrogens with one attached hydrogen (secondary N) is 2. The molecule has 1 aromatic carbocycles. The van der Waals surface area contributed by atoms with Gasteiger partial charge in [-0.2, -0.15) is 0 Å². The fourth-order valence-electron chi connectivity index (χ4n) is 2.04. The molecule has 0 atom stereocenters. The lowest BCUT2D eigenvalue weighted by atomic mass is 10.1. The van der Waals surface area contributed by atoms with Gasteiger partial charge in [0.1, 0.15) is 5.75 Å². The van der Waals surface area contributed by atoms with Crippen molar-refractivity contribution in [3.05, 3.63) is 54.5 Å². The van der Waals surface area contributed by atoms with Gasteiger partial charge in [0.25, 0.3) is 11.7 Å². The summed E-state index contributed by atoms with van der Waals surface area (Å²) >= 11 is 0. The molecule has 2 aromatic heterocycles. The van der Waals surface area contributed by atoms with E-state index in [-0.39, 0.29) is 11.3 Å². The molecule has 3 N–H and O–H groups in total. The number of ketones is 1. The van der Waals surface area contributed by atoms with Crippen molar-refractivity contribution in [2.24, 2.45) is 0 Å². The zero-order valence-electron chi connectivity index (χ0n) is 10.8. The Morgan fingerprint density at radius 1 is 1.14 bits per heavy atom. The third-order valence-electron chi connectivity index (χ3n) is 3.05. The second kappa shape index (κ2) is 5.09. The third-order valence-corrected chi connectivity index (χ3v) is 3.05. The van der Waals surface area contributed by atoms with Crippen LogP contribution < -0.4 is 5.32 Å². The van der Waals surface area contributed by atoms with Crippen LogP contribution in [0.25, 0.3) is 10.9 Å². The van der Waals surface area contributed by atoms with Gasteiger partial charge in [-0.15, -0.1) is 0 Å². The minimum Gasteiger partial charge on any atom is -0.508 e. The molecule has 0 saturated carbocycles. The van der Waals surface area contributed by atoms with Gasteiger partial charge in [-0.1, -0.05) is 0 Å². The van der Waals surface area contributed by atoms with Gasteiger partial charge in [-0.05, 0) is 30.3 Å². The number of rotatable bonds is 3. The van der Waals surface area contributed by atoms with Crippen LogP contribution in [0.15, 0.2) is 48.9 Å². The van der Waals surface area contributed by atoms with Crippen LogP contribution in [0.3, 0.4) is 0 Å². The van der Waals surface area contributed by atoms with E-state index in [0.717, 1.165) is 0 Å². The minimum atomic E-state index is -0.745. The minimum absolute atomic E-state index is 0.0330. The Balaban J connectivity index is 1.90. The Kier molecular flexibility index (Phi) is 3.12. The number of hydrogen-bond acceptors (Lipinski definition) is 4. The molecule has 6 heteroatoms. The Labute approximate surface area is 119 Å². The normalized spacial score (nSPS) is 10.5. The summed E-state index contributed by atoms with van der Waals surface area (Å²) in [6.45, 7) is 0. The number of aromatic nitrogens is 2. The predicted molar refractivity (Wildman–Crippen MR) is 77.2 cm³/mol. The van der Waals surface area contributed by atoms with Gasteiger partial charge in [0.05, 0.1) is 5.56 Å². The summed E-state index contributed by atoms with van der Waals surface area (Å²) in [5.74, 6) is -1.39. The zero-order valence-corrected chi connectivity index (χ0v) is 10.8. The average molecular weight is 281 g/mol. The lowest BCUT2D eigenvalue weighted by Crippen LogP contribution is -2.22. The number of phenolic OH excluding ortho intramolecular Hbond substituents is 1. The first kappa shape index (κ1) is 12.9. The number of Topliss-reactive ketones (excluding diaryl/α,β-unsaturated/α-hetero) is 1. The van der Waals surface area contributed by atoms with Gasteiger partial charge >= 0.3 is 0 Å². The van der Waals surface area contributed by atoms with E-state index >= 15 is 0 Å². The van der Waals surface area contributed by atoms with Crippen molar-refractivity contribution >= 4 is 28.3 Å². The molecule has 0 saturated heterocycles. The maximum absolute atomic E-state index is 12.2. The topological polar surface area (TPSA) is 95.1 Å². The molecule has 0 aliphatic carbocycles. The molecule has 6 nitrogen and oxygen atoms in total. The lowest BCUT2D eigenvalue weighted by molar-refractivity contribution is -0.112. The molecule has 104 valence electrons. The van der Waals surface area contributed by atoms with E-state index in [0.29, 0.717) is 16.6 Å². The Bertz CT molecular complexity index is 825. The number of H-pyrrole nitrogens is 1. The molecule has 0 aliphatic rings. The molecule has 0 radical (unpaired) electrons. The zero-order chi connectivity index (χ0) is 14.8. The molecule has 0 spiro atoms. The quantitative estimate of drug-likeness (QED) is 0.506. The number of fused-ring (bicyclic) bond motifs is 1. The first-order valence-corrected chi connectivity index (χ1v) is 6.21. The number of phenols is 1. The van der Waals surface area contributed by atoms with Gasteiger partial charge in [0.15, 0.2) is 0 Å². The molecule has 2 heterocycles. The highest BCUT2D eigenvalue weighted by atomic mass is 16.3. The van der Waals surface area contributed by atoms with Crippen LogP contribution in [0.5, 0.6) is 5.75 Å². The lowest BCUT2D eigenvalue weighted by Gasteiger charge is -2.03. The van der Waals surface area contributed by atoms with Crippen molar-refractivity contribution in [2.45, 2.75) is 0 Å². The van der Waals surface area contributed by atoms with Crippen molar-refractivity contribution in [3.63, 3.8) is 0 Å². The molecule has 0 aliphatic heterocycles. The van der Waals surface area contributed by atoms with Crippen LogP contribution in [0.1, 0.15) is 10.4 Å². The summed E-state index contributed by atoms with van der Waals surface area (Å²) < 4.78 is 0. The molecule has 3 aromatic rings. The summed E-state index contributed by atoms with van der Waals surface area (Å²) in [4.78, 5) is 30.9. The summed E-state index contributed by atoms with van der Waals surface area (Å²) in [7, 11) is 0. The van der Waals surface area contributed by atoms with Crippen molar-refractivity contribution in [3.8, 4) is 5.75 Å². The number of anilines is 1. The maximum Gasteiger partial charge on any atom is 0.296 e. The highest BCUT2D eigenvalue weighted by molar-refractivity contribution is 6.48. The first-order chi connectivity index (χ1) is 10.1. The van der Waals surface area contributed by atoms with Crippen LogP contribution in [0, 0.1) is 0 Å². The van der Waals surface area contributed by atoms with E-state index in [1.807, 2.05) is 0 Å². The predicted octanol–water partition coefficient (Wildman–Crippen LogP) is 2.09. The van der Waals surface area contributed by atoms with Crippen LogP contribution in [0.2, 0.25) is 0 Å². The largest absolute Gasteiger partial charge is 0.508 e. The molecule has 0 unspecified atom stereocenters. The second-order valence-corrected chi connectivity index (χ2v) is 4.45. The molecule has 0 bridgehead atoms. The third kappa shape index (κ3) is 2.46. The van der Waals surface area contributed by atoms with Crippen molar-refractivity contribution in [2.75, 3.05) is 5.32 Å². The van der Waals surface area contributed by atoms with Crippen molar-refractivity contribution < 1.29 is 14.7 Å². The first-order valence-electron chi connectivity index (χ1n) is 6.21. The average Bonchev–Trinajstić information content (AvgIpc) is 2.90. The van der Waals surface area contributed by atoms with E-state index in [2.05, 4.69) is 15.3 Å². The molecule has 3 rings (SSSR count). The van der Waals surface area contributed by atoms with Gasteiger partial charge in [-0.3, -0.25) is 14.6 Å². The standard InChI is InChI=1S/C15H11N3O3/c19-10-1-2-13-11(7-10)12(8-17-13)14(20)15(21)18-9-3-5-16-6-4-9/h1-8,17,19H,(H,16,18,21). The van der Waals surface area contributed by atoms with Crippen molar-refractivity contribution in [1.82, 2.24) is 9.97 Å². The Morgan fingerprint density at radius 2 is 1.90 bits per heavy atom. The van der Waals surface area contributed by atoms with E-state index < -0.39 is 11.7 Å². The number of pyridine rings is 1. The van der Waals surface area contributed by atoms with Crippen LogP contribution in [-0.4, -0.2) is 26.8 Å². The number of carbonyl (C=O) groups excluding carboxylic acids is 2. The highest BCUT2D eigenvalue weighted by Crippen LogP contribution is 2.23. The number of nitrogens with zero attached hydrogens (tertiary/aromatic N) is 1. The maximum atomic E-state index is 12.2. The van der Waals surface area contributed by atoms with Gasteiger partial charge in [0, 0.05) is 35.2 Å². The molecular weight excluding hydrogens is 270 g/mol. The SMILES string of the molecule is O=C(Nc1ccncc1)C(=O)c1c[nH]c2ccc(O)cc12. The Morgan fingerprint density at radius 3 is 2.67 bits per heavy atom. The highest BCUT2D eigenvalue weighted by Gasteiger charge is 2.20. The molecular formula is C15H11N3O3. The number of carbonyl (C=O) groups is 2. The number of amides is 1. The summed E-state index contributed by atoms with van der Waals surface area (Å²) in [5.41, 5.74) is 1.38. The number of hydrogen-bond donors (Lipinski definition) is 3. The van der Waals surface area contributed by atoms with E-state index in [1.54, 1.807) is 18.2 Å². The Hall–Kier alpha value is -3.15. The van der Waals surface area contributed by atoms with Gasteiger partial charge < -0.3 is 15.4 Å². The summed E-state index contributed by atoms with van der Waals surface area (Å²) in [6, 6.07) is 7.77. The van der Waals surface area contributed by atoms with Crippen molar-refractivity contribution in [1.29, 1.82) is 0 Å². The van der Waals surface area contributed by atoms with E-state index in [9.17, 15) is 14.7 Å². The summed E-state index contributed by atoms with van der Waals surface area (Å²) in [5, 5.41) is 12.5. The van der Waals surface area contributed by atoms with E-state index in [4.69, 9.17) is 0 Å². The van der Waals surface area contributed by atoms with Crippen LogP contribution >= 0.6 is 0 Å². The fraction of sp³-hybridized carbons (Fsp3) is 0.